The Kier molecular flexibility index (Phi) is 7.78. The average Bonchev–Trinajstić information content (AvgIpc) is 3.29. The number of hydrogen-bond donors (Lipinski definition) is 3. The first-order chi connectivity index (χ1) is 17.3. The molecule has 0 saturated carbocycles. The smallest absolute Gasteiger partial charge is 0.321 e. The number of rotatable bonds is 8. The number of carboxylic acids is 1. The summed E-state index contributed by atoms with van der Waals surface area (Å²) in [7, 11) is 0. The summed E-state index contributed by atoms with van der Waals surface area (Å²) in [5.74, 6) is -0.489. The molecule has 4 rings (SSSR count). The Morgan fingerprint density at radius 1 is 1.14 bits per heavy atom. The zero-order chi connectivity index (χ0) is 25.8. The van der Waals surface area contributed by atoms with Gasteiger partial charge in [-0.3, -0.25) is 14.9 Å². The number of Topliss-reactive ketones (excluding diaryl/α,β-unsaturated/α-hetero) is 1. The van der Waals surface area contributed by atoms with Crippen molar-refractivity contribution in [2.75, 3.05) is 29.9 Å². The number of piperidine rings is 1. The van der Waals surface area contributed by atoms with Gasteiger partial charge in [0.25, 0.3) is 0 Å². The number of carbonyl (C=O) groups excluding carboxylic acids is 2. The number of benzene rings is 1. The minimum atomic E-state index is -0.751. The number of nitrogens with one attached hydrogen (secondary N) is 2. The van der Waals surface area contributed by atoms with Crippen LogP contribution in [-0.2, 0) is 11.2 Å². The van der Waals surface area contributed by atoms with Crippen molar-refractivity contribution in [2.45, 2.75) is 46.5 Å². The predicted molar refractivity (Wildman–Crippen MR) is 140 cm³/mol. The van der Waals surface area contributed by atoms with Crippen molar-refractivity contribution in [2.24, 2.45) is 5.92 Å². The normalized spacial score (nSPS) is 14.1. The van der Waals surface area contributed by atoms with Crippen LogP contribution >= 0.6 is 11.3 Å². The Morgan fingerprint density at radius 2 is 1.89 bits per heavy atom. The van der Waals surface area contributed by atoms with Crippen LogP contribution in [0, 0.1) is 5.92 Å². The van der Waals surface area contributed by atoms with Gasteiger partial charge >= 0.3 is 12.0 Å². The maximum Gasteiger partial charge on any atom is 0.321 e. The number of aromatic nitrogens is 3. The number of aryl methyl sites for hydroxylation is 1. The number of amides is 2. The molecule has 3 N–H and O–H groups in total. The Morgan fingerprint density at radius 3 is 2.53 bits per heavy atom. The van der Waals surface area contributed by atoms with Crippen molar-refractivity contribution in [3.8, 4) is 11.1 Å². The lowest BCUT2D eigenvalue weighted by Gasteiger charge is -2.30. The number of fused-ring (bicyclic) bond motifs is 1. The van der Waals surface area contributed by atoms with Crippen LogP contribution in [0.2, 0.25) is 0 Å². The molecule has 1 aromatic carbocycles. The maximum absolute atomic E-state index is 12.8. The van der Waals surface area contributed by atoms with Crippen molar-refractivity contribution < 1.29 is 19.5 Å². The topological polar surface area (TPSA) is 137 Å². The fourth-order valence-corrected chi connectivity index (χ4v) is 5.31. The second-order valence-electron chi connectivity index (χ2n) is 8.64. The summed E-state index contributed by atoms with van der Waals surface area (Å²) >= 11 is 1.28. The van der Waals surface area contributed by atoms with Crippen LogP contribution in [0.1, 0.15) is 56.1 Å². The molecule has 0 unspecified atom stereocenters. The van der Waals surface area contributed by atoms with E-state index in [4.69, 9.17) is 4.98 Å². The first-order valence-corrected chi connectivity index (χ1v) is 13.0. The fraction of sp³-hybridized carbons (Fsp3) is 0.440. The molecular weight excluding hydrogens is 480 g/mol. The van der Waals surface area contributed by atoms with Gasteiger partial charge in [-0.05, 0) is 43.9 Å². The van der Waals surface area contributed by atoms with Crippen LogP contribution in [0.4, 0.5) is 15.9 Å². The summed E-state index contributed by atoms with van der Waals surface area (Å²) in [4.78, 5) is 52.1. The number of anilines is 2. The van der Waals surface area contributed by atoms with E-state index in [9.17, 15) is 19.5 Å². The molecule has 2 amide bonds. The molecule has 10 nitrogen and oxygen atoms in total. The minimum absolute atomic E-state index is 0.00746. The highest BCUT2D eigenvalue weighted by atomic mass is 32.1. The molecule has 1 aliphatic heterocycles. The Bertz CT molecular complexity index is 1300. The molecule has 1 aliphatic rings. The van der Waals surface area contributed by atoms with Gasteiger partial charge in [0.15, 0.2) is 10.9 Å². The third kappa shape index (κ3) is 5.30. The second-order valence-corrected chi connectivity index (χ2v) is 9.63. The van der Waals surface area contributed by atoms with Crippen molar-refractivity contribution in [3.63, 3.8) is 0 Å². The molecule has 1 fully saturated rings. The summed E-state index contributed by atoms with van der Waals surface area (Å²) in [6, 6.07) is 3.42. The monoisotopic (exact) mass is 510 g/mol. The van der Waals surface area contributed by atoms with Crippen molar-refractivity contribution >= 4 is 50.4 Å². The number of thiazole rings is 1. The summed E-state index contributed by atoms with van der Waals surface area (Å²) < 4.78 is 0.731. The molecule has 2 aromatic heterocycles. The molecular formula is C25H30N6O4S. The van der Waals surface area contributed by atoms with E-state index < -0.39 is 5.97 Å². The number of carbonyl (C=O) groups is 3. The molecule has 36 heavy (non-hydrogen) atoms. The molecule has 0 radical (unpaired) electrons. The number of hydrogen-bond acceptors (Lipinski definition) is 8. The summed E-state index contributed by atoms with van der Waals surface area (Å²) in [6.07, 6.45) is 3.91. The van der Waals surface area contributed by atoms with Crippen molar-refractivity contribution in [1.82, 2.24) is 20.3 Å². The summed E-state index contributed by atoms with van der Waals surface area (Å²) in [6.45, 7) is 7.35. The highest BCUT2D eigenvalue weighted by Gasteiger charge is 2.26. The van der Waals surface area contributed by atoms with Gasteiger partial charge in [-0.15, -0.1) is 0 Å². The lowest BCUT2D eigenvalue weighted by molar-refractivity contribution is -0.142. The van der Waals surface area contributed by atoms with Crippen LogP contribution in [0.25, 0.3) is 21.3 Å². The lowest BCUT2D eigenvalue weighted by atomic mass is 9.97. The largest absolute Gasteiger partial charge is 0.481 e. The van der Waals surface area contributed by atoms with E-state index in [1.54, 1.807) is 6.20 Å². The van der Waals surface area contributed by atoms with Gasteiger partial charge in [-0.2, -0.15) is 0 Å². The standard InChI is InChI=1S/C25H30N6O4S/c1-4-18-17(13-27-23(28-18)31-9-7-14(8-10-31)22(33)34)15-11-16(20(32)5-2)21-19(12-15)29-25(36-21)30-24(35)26-6-3/h11-14H,4-10H2,1-3H3,(H,33,34)(H2,26,29,30,35). The molecule has 0 spiro atoms. The Labute approximate surface area is 213 Å². The molecule has 3 aromatic rings. The van der Waals surface area contributed by atoms with Crippen LogP contribution in [0.3, 0.4) is 0 Å². The van der Waals surface area contributed by atoms with E-state index in [0.29, 0.717) is 67.5 Å². The minimum Gasteiger partial charge on any atom is -0.481 e. The molecule has 190 valence electrons. The van der Waals surface area contributed by atoms with E-state index in [1.165, 1.54) is 11.3 Å². The van der Waals surface area contributed by atoms with Gasteiger partial charge in [-0.1, -0.05) is 25.2 Å². The van der Waals surface area contributed by atoms with Gasteiger partial charge in [0.2, 0.25) is 5.95 Å². The number of ketones is 1. The average molecular weight is 511 g/mol. The number of urea groups is 1. The van der Waals surface area contributed by atoms with E-state index in [-0.39, 0.29) is 17.7 Å². The fourth-order valence-electron chi connectivity index (χ4n) is 4.34. The van der Waals surface area contributed by atoms with Crippen LogP contribution in [0.15, 0.2) is 18.3 Å². The third-order valence-electron chi connectivity index (χ3n) is 6.30. The quantitative estimate of drug-likeness (QED) is 0.380. The maximum atomic E-state index is 12.8. The van der Waals surface area contributed by atoms with E-state index in [1.807, 2.05) is 37.8 Å². The zero-order valence-electron chi connectivity index (χ0n) is 20.6. The molecule has 0 aliphatic carbocycles. The van der Waals surface area contributed by atoms with E-state index in [0.717, 1.165) is 21.5 Å². The SMILES string of the molecule is CCNC(=O)Nc1nc2cc(-c3cnc(N4CCC(C(=O)O)CC4)nc3CC)cc(C(=O)CC)c2s1. The first-order valence-electron chi connectivity index (χ1n) is 12.2. The molecule has 3 heterocycles. The van der Waals surface area contributed by atoms with Crippen LogP contribution in [0.5, 0.6) is 0 Å². The van der Waals surface area contributed by atoms with Gasteiger partial charge in [-0.25, -0.2) is 19.7 Å². The Hall–Kier alpha value is -3.60. The highest BCUT2D eigenvalue weighted by Crippen LogP contribution is 2.35. The third-order valence-corrected chi connectivity index (χ3v) is 7.32. The van der Waals surface area contributed by atoms with Crippen molar-refractivity contribution in [1.29, 1.82) is 0 Å². The van der Waals surface area contributed by atoms with Gasteiger partial charge in [0.1, 0.15) is 0 Å². The molecule has 11 heteroatoms. The van der Waals surface area contributed by atoms with Gasteiger partial charge < -0.3 is 15.3 Å². The van der Waals surface area contributed by atoms with Crippen LogP contribution in [-0.4, -0.2) is 57.5 Å². The van der Waals surface area contributed by atoms with Crippen LogP contribution < -0.4 is 15.5 Å². The predicted octanol–water partition coefficient (Wildman–Crippen LogP) is 4.35. The van der Waals surface area contributed by atoms with E-state index in [2.05, 4.69) is 20.6 Å². The second kappa shape index (κ2) is 11.0. The zero-order valence-corrected chi connectivity index (χ0v) is 21.4. The molecule has 0 bridgehead atoms. The summed E-state index contributed by atoms with van der Waals surface area (Å²) in [5, 5.41) is 15.1. The van der Waals surface area contributed by atoms with Gasteiger partial charge in [0.05, 0.1) is 21.8 Å². The molecule has 0 atom stereocenters. The van der Waals surface area contributed by atoms with E-state index >= 15 is 0 Å². The molecule has 1 saturated heterocycles. The Balaban J connectivity index is 1.70. The van der Waals surface area contributed by atoms with Gasteiger partial charge in [0, 0.05) is 43.4 Å². The number of aliphatic carboxylic acids is 1. The first kappa shape index (κ1) is 25.5. The number of carboxylic acid groups (broad SMARTS) is 1. The highest BCUT2D eigenvalue weighted by molar-refractivity contribution is 7.22. The number of nitrogens with zero attached hydrogens (tertiary/aromatic N) is 4. The lowest BCUT2D eigenvalue weighted by Crippen LogP contribution is -2.37. The van der Waals surface area contributed by atoms with Crippen molar-refractivity contribution in [3.05, 3.63) is 29.6 Å². The summed E-state index contributed by atoms with van der Waals surface area (Å²) in [5.41, 5.74) is 3.64.